The fourth-order valence-corrected chi connectivity index (χ4v) is 1.77. The average Bonchev–Trinajstić information content (AvgIpc) is 2.30. The standard InChI is InChI=1S/C11H19BrN4O/c1-8(2)6-17-5-4-14-11-9(12)10(13-3)15-7-16-11/h7-8H,4-6H2,1-3H3,(H2,13,14,15,16). The number of nitrogens with zero attached hydrogens (tertiary/aromatic N) is 2. The number of hydrogen-bond acceptors (Lipinski definition) is 5. The van der Waals surface area contributed by atoms with Crippen LogP contribution in [-0.2, 0) is 4.74 Å². The van der Waals surface area contributed by atoms with Gasteiger partial charge in [0.1, 0.15) is 22.4 Å². The summed E-state index contributed by atoms with van der Waals surface area (Å²) in [6.45, 7) is 6.45. The molecule has 1 aromatic heterocycles. The van der Waals surface area contributed by atoms with E-state index in [2.05, 4.69) is 50.4 Å². The van der Waals surface area contributed by atoms with Crippen molar-refractivity contribution in [3.63, 3.8) is 0 Å². The lowest BCUT2D eigenvalue weighted by molar-refractivity contribution is 0.118. The summed E-state index contributed by atoms with van der Waals surface area (Å²) < 4.78 is 6.32. The quantitative estimate of drug-likeness (QED) is 0.757. The minimum Gasteiger partial charge on any atom is -0.379 e. The summed E-state index contributed by atoms with van der Waals surface area (Å²) in [6, 6.07) is 0. The van der Waals surface area contributed by atoms with E-state index in [0.717, 1.165) is 29.3 Å². The molecule has 1 aromatic rings. The molecule has 0 aliphatic heterocycles. The van der Waals surface area contributed by atoms with E-state index in [0.29, 0.717) is 12.5 Å². The molecule has 0 atom stereocenters. The predicted octanol–water partition coefficient (Wildman–Crippen LogP) is 2.37. The maximum atomic E-state index is 5.48. The van der Waals surface area contributed by atoms with Crippen molar-refractivity contribution in [3.05, 3.63) is 10.8 Å². The highest BCUT2D eigenvalue weighted by Crippen LogP contribution is 2.25. The number of anilines is 2. The van der Waals surface area contributed by atoms with Gasteiger partial charge in [-0.1, -0.05) is 13.8 Å². The van der Waals surface area contributed by atoms with Gasteiger partial charge in [-0.05, 0) is 21.8 Å². The van der Waals surface area contributed by atoms with Crippen LogP contribution < -0.4 is 10.6 Å². The van der Waals surface area contributed by atoms with Gasteiger partial charge < -0.3 is 15.4 Å². The third-order valence-corrected chi connectivity index (χ3v) is 2.77. The van der Waals surface area contributed by atoms with Crippen LogP contribution in [0.3, 0.4) is 0 Å². The van der Waals surface area contributed by atoms with E-state index in [-0.39, 0.29) is 0 Å². The number of aromatic nitrogens is 2. The first-order valence-electron chi connectivity index (χ1n) is 5.65. The molecule has 0 bridgehead atoms. The lowest BCUT2D eigenvalue weighted by atomic mass is 10.2. The highest BCUT2D eigenvalue weighted by Gasteiger charge is 2.06. The molecular weight excluding hydrogens is 284 g/mol. The molecule has 0 fully saturated rings. The number of halogens is 1. The van der Waals surface area contributed by atoms with Crippen molar-refractivity contribution in [1.29, 1.82) is 0 Å². The highest BCUT2D eigenvalue weighted by molar-refractivity contribution is 9.10. The second kappa shape index (κ2) is 7.45. The van der Waals surface area contributed by atoms with Gasteiger partial charge in [0, 0.05) is 20.2 Å². The number of hydrogen-bond donors (Lipinski definition) is 2. The number of nitrogens with one attached hydrogen (secondary N) is 2. The first-order chi connectivity index (χ1) is 8.15. The van der Waals surface area contributed by atoms with Crippen LogP contribution in [0.5, 0.6) is 0 Å². The van der Waals surface area contributed by atoms with Crippen LogP contribution in [0, 0.1) is 5.92 Å². The molecule has 96 valence electrons. The Hall–Kier alpha value is -0.880. The van der Waals surface area contributed by atoms with E-state index < -0.39 is 0 Å². The Morgan fingerprint density at radius 3 is 2.71 bits per heavy atom. The van der Waals surface area contributed by atoms with E-state index in [1.165, 1.54) is 6.33 Å². The van der Waals surface area contributed by atoms with Crippen molar-refractivity contribution in [2.24, 2.45) is 5.92 Å². The summed E-state index contributed by atoms with van der Waals surface area (Å²) in [5.74, 6) is 2.11. The van der Waals surface area contributed by atoms with E-state index in [4.69, 9.17) is 4.74 Å². The molecule has 2 N–H and O–H groups in total. The Balaban J connectivity index is 2.36. The van der Waals surface area contributed by atoms with Crippen LogP contribution in [0.25, 0.3) is 0 Å². The maximum absolute atomic E-state index is 5.48. The Labute approximate surface area is 111 Å². The largest absolute Gasteiger partial charge is 0.379 e. The molecule has 0 radical (unpaired) electrons. The molecule has 0 saturated heterocycles. The molecule has 5 nitrogen and oxygen atoms in total. The Kier molecular flexibility index (Phi) is 6.21. The predicted molar refractivity (Wildman–Crippen MR) is 73.4 cm³/mol. The summed E-state index contributed by atoms with van der Waals surface area (Å²) in [6.07, 6.45) is 1.52. The van der Waals surface area contributed by atoms with Gasteiger partial charge in [0.25, 0.3) is 0 Å². The van der Waals surface area contributed by atoms with Crippen LogP contribution in [-0.4, -0.2) is 36.8 Å². The van der Waals surface area contributed by atoms with Crippen molar-refractivity contribution in [1.82, 2.24) is 9.97 Å². The summed E-state index contributed by atoms with van der Waals surface area (Å²) in [7, 11) is 1.82. The van der Waals surface area contributed by atoms with E-state index >= 15 is 0 Å². The molecular formula is C11H19BrN4O. The fourth-order valence-electron chi connectivity index (χ4n) is 1.23. The van der Waals surface area contributed by atoms with Crippen molar-refractivity contribution in [3.8, 4) is 0 Å². The van der Waals surface area contributed by atoms with Crippen LogP contribution in [0.2, 0.25) is 0 Å². The average molecular weight is 303 g/mol. The van der Waals surface area contributed by atoms with Gasteiger partial charge in [0.05, 0.1) is 6.61 Å². The Morgan fingerprint density at radius 2 is 2.06 bits per heavy atom. The van der Waals surface area contributed by atoms with Crippen LogP contribution in [0.15, 0.2) is 10.8 Å². The maximum Gasteiger partial charge on any atom is 0.146 e. The third-order valence-electron chi connectivity index (χ3n) is 2.02. The van der Waals surface area contributed by atoms with Gasteiger partial charge in [-0.25, -0.2) is 9.97 Å². The van der Waals surface area contributed by atoms with Crippen LogP contribution in [0.4, 0.5) is 11.6 Å². The first kappa shape index (κ1) is 14.2. The normalized spacial score (nSPS) is 10.6. The summed E-state index contributed by atoms with van der Waals surface area (Å²) in [4.78, 5) is 8.24. The Bertz CT molecular complexity index is 346. The van der Waals surface area contributed by atoms with E-state index in [1.54, 1.807) is 0 Å². The lowest BCUT2D eigenvalue weighted by Crippen LogP contribution is -2.13. The van der Waals surface area contributed by atoms with Crippen molar-refractivity contribution < 1.29 is 4.74 Å². The zero-order valence-electron chi connectivity index (χ0n) is 10.5. The highest BCUT2D eigenvalue weighted by atomic mass is 79.9. The zero-order chi connectivity index (χ0) is 12.7. The first-order valence-corrected chi connectivity index (χ1v) is 6.44. The SMILES string of the molecule is CNc1ncnc(NCCOCC(C)C)c1Br. The van der Waals surface area contributed by atoms with Gasteiger partial charge in [-0.3, -0.25) is 0 Å². The minimum atomic E-state index is 0.566. The molecule has 1 heterocycles. The fraction of sp³-hybridized carbons (Fsp3) is 0.636. The molecule has 17 heavy (non-hydrogen) atoms. The van der Waals surface area contributed by atoms with Gasteiger partial charge in [-0.2, -0.15) is 0 Å². The topological polar surface area (TPSA) is 59.1 Å². The molecule has 1 rings (SSSR count). The van der Waals surface area contributed by atoms with Crippen LogP contribution >= 0.6 is 15.9 Å². The van der Waals surface area contributed by atoms with Gasteiger partial charge in [0.15, 0.2) is 0 Å². The summed E-state index contributed by atoms with van der Waals surface area (Å²) >= 11 is 3.44. The molecule has 0 aliphatic carbocycles. The van der Waals surface area contributed by atoms with Crippen molar-refractivity contribution >= 4 is 27.6 Å². The Morgan fingerprint density at radius 1 is 1.35 bits per heavy atom. The summed E-state index contributed by atoms with van der Waals surface area (Å²) in [5.41, 5.74) is 0. The summed E-state index contributed by atoms with van der Waals surface area (Å²) in [5, 5.41) is 6.18. The molecule has 0 aromatic carbocycles. The molecule has 0 aliphatic rings. The number of rotatable bonds is 7. The molecule has 0 spiro atoms. The molecule has 0 unspecified atom stereocenters. The van der Waals surface area contributed by atoms with Gasteiger partial charge >= 0.3 is 0 Å². The molecule has 0 saturated carbocycles. The lowest BCUT2D eigenvalue weighted by Gasteiger charge is -2.10. The van der Waals surface area contributed by atoms with Crippen molar-refractivity contribution in [2.45, 2.75) is 13.8 Å². The van der Waals surface area contributed by atoms with E-state index in [9.17, 15) is 0 Å². The third kappa shape index (κ3) is 4.87. The van der Waals surface area contributed by atoms with E-state index in [1.807, 2.05) is 7.05 Å². The van der Waals surface area contributed by atoms with Crippen molar-refractivity contribution in [2.75, 3.05) is 37.4 Å². The molecule has 0 amide bonds. The minimum absolute atomic E-state index is 0.566. The van der Waals surface area contributed by atoms with Crippen LogP contribution in [0.1, 0.15) is 13.8 Å². The monoisotopic (exact) mass is 302 g/mol. The smallest absolute Gasteiger partial charge is 0.146 e. The second-order valence-electron chi connectivity index (χ2n) is 4.03. The number of ether oxygens (including phenoxy) is 1. The van der Waals surface area contributed by atoms with Gasteiger partial charge in [-0.15, -0.1) is 0 Å². The zero-order valence-corrected chi connectivity index (χ0v) is 12.0. The second-order valence-corrected chi connectivity index (χ2v) is 4.82. The molecule has 6 heteroatoms. The van der Waals surface area contributed by atoms with Gasteiger partial charge in [0.2, 0.25) is 0 Å².